The lowest BCUT2D eigenvalue weighted by Gasteiger charge is -2.10. The summed E-state index contributed by atoms with van der Waals surface area (Å²) in [5, 5.41) is 5.32. The van der Waals surface area contributed by atoms with Gasteiger partial charge in [-0.15, -0.1) is 0 Å². The first-order chi connectivity index (χ1) is 14.2. The molecule has 4 aromatic rings. The van der Waals surface area contributed by atoms with Gasteiger partial charge in [0, 0.05) is 11.1 Å². The van der Waals surface area contributed by atoms with Gasteiger partial charge in [0.15, 0.2) is 5.69 Å². The van der Waals surface area contributed by atoms with Gasteiger partial charge in [-0.3, -0.25) is 0 Å². The molecule has 0 aliphatic carbocycles. The van der Waals surface area contributed by atoms with Crippen LogP contribution in [0.4, 0.5) is 0 Å². The molecular weight excluding hydrogens is 384 g/mol. The van der Waals surface area contributed by atoms with E-state index in [4.69, 9.17) is 21.4 Å². The van der Waals surface area contributed by atoms with Crippen LogP contribution in [0.15, 0.2) is 84.9 Å². The van der Waals surface area contributed by atoms with Crippen LogP contribution in [0.2, 0.25) is 5.02 Å². The van der Waals surface area contributed by atoms with Crippen LogP contribution in [-0.4, -0.2) is 22.4 Å². The molecule has 144 valence electrons. The van der Waals surface area contributed by atoms with E-state index in [1.54, 1.807) is 17.7 Å². The van der Waals surface area contributed by atoms with Crippen LogP contribution in [0.1, 0.15) is 17.4 Å². The zero-order valence-corrected chi connectivity index (χ0v) is 16.6. The number of carbonyl (C=O) groups excluding carboxylic acids is 1. The lowest BCUT2D eigenvalue weighted by Crippen LogP contribution is -2.13. The summed E-state index contributed by atoms with van der Waals surface area (Å²) >= 11 is 6.45. The summed E-state index contributed by atoms with van der Waals surface area (Å²) in [6.07, 6.45) is 0. The highest BCUT2D eigenvalue weighted by atomic mass is 35.5. The number of hydrogen-bond acceptors (Lipinski definition) is 3. The van der Waals surface area contributed by atoms with Gasteiger partial charge < -0.3 is 4.74 Å². The highest BCUT2D eigenvalue weighted by Gasteiger charge is 2.28. The Morgan fingerprint density at radius 3 is 2.10 bits per heavy atom. The van der Waals surface area contributed by atoms with Gasteiger partial charge in [0.25, 0.3) is 0 Å². The number of para-hydroxylation sites is 1. The second-order valence-electron chi connectivity index (χ2n) is 6.39. The fourth-order valence-corrected chi connectivity index (χ4v) is 3.50. The van der Waals surface area contributed by atoms with Crippen LogP contribution < -0.4 is 0 Å². The van der Waals surface area contributed by atoms with E-state index >= 15 is 0 Å². The molecule has 0 bridgehead atoms. The summed E-state index contributed by atoms with van der Waals surface area (Å²) in [5.74, 6) is -0.444. The van der Waals surface area contributed by atoms with Crippen molar-refractivity contribution in [2.45, 2.75) is 6.92 Å². The van der Waals surface area contributed by atoms with Gasteiger partial charge in [0.05, 0.1) is 17.3 Å². The fourth-order valence-electron chi connectivity index (χ4n) is 3.28. The van der Waals surface area contributed by atoms with Gasteiger partial charge in [-0.1, -0.05) is 84.4 Å². The molecule has 0 radical (unpaired) electrons. The van der Waals surface area contributed by atoms with Crippen molar-refractivity contribution in [3.63, 3.8) is 0 Å². The summed E-state index contributed by atoms with van der Waals surface area (Å²) in [7, 11) is 0. The van der Waals surface area contributed by atoms with E-state index in [-0.39, 0.29) is 6.61 Å². The minimum absolute atomic E-state index is 0.265. The maximum absolute atomic E-state index is 13.1. The summed E-state index contributed by atoms with van der Waals surface area (Å²) in [4.78, 5) is 13.1. The standard InChI is InChI=1S/C24H19ClN2O2/c1-2-29-24(28)23-21(17-11-5-3-6-12-17)22(18-13-7-4-8-14-18)26-27(23)20-16-10-9-15-19(20)25/h3-16H,2H2,1H3. The van der Waals surface area contributed by atoms with Crippen LogP contribution in [0.3, 0.4) is 0 Å². The van der Waals surface area contributed by atoms with Crippen molar-refractivity contribution >= 4 is 17.6 Å². The molecule has 3 aromatic carbocycles. The first kappa shape index (κ1) is 19.0. The predicted octanol–water partition coefficient (Wildman–Crippen LogP) is 6.04. The molecule has 0 spiro atoms. The van der Waals surface area contributed by atoms with Crippen molar-refractivity contribution in [2.24, 2.45) is 0 Å². The highest BCUT2D eigenvalue weighted by molar-refractivity contribution is 6.32. The number of nitrogens with zero attached hydrogens (tertiary/aromatic N) is 2. The predicted molar refractivity (Wildman–Crippen MR) is 115 cm³/mol. The van der Waals surface area contributed by atoms with Gasteiger partial charge in [-0.2, -0.15) is 5.10 Å². The third-order valence-electron chi connectivity index (χ3n) is 4.54. The number of esters is 1. The summed E-state index contributed by atoms with van der Waals surface area (Å²) in [6.45, 7) is 2.05. The molecular formula is C24H19ClN2O2. The molecule has 1 heterocycles. The quantitative estimate of drug-likeness (QED) is 0.382. The van der Waals surface area contributed by atoms with E-state index in [9.17, 15) is 4.79 Å². The molecule has 29 heavy (non-hydrogen) atoms. The largest absolute Gasteiger partial charge is 0.461 e. The monoisotopic (exact) mass is 402 g/mol. The average Bonchev–Trinajstić information content (AvgIpc) is 3.16. The van der Waals surface area contributed by atoms with Crippen LogP contribution in [0.5, 0.6) is 0 Å². The Hall–Kier alpha value is -3.37. The Morgan fingerprint density at radius 1 is 0.897 bits per heavy atom. The van der Waals surface area contributed by atoms with E-state index < -0.39 is 5.97 Å². The van der Waals surface area contributed by atoms with Gasteiger partial charge >= 0.3 is 5.97 Å². The molecule has 0 saturated heterocycles. The van der Waals surface area contributed by atoms with Crippen LogP contribution >= 0.6 is 11.6 Å². The minimum atomic E-state index is -0.444. The lowest BCUT2D eigenvalue weighted by atomic mass is 9.99. The number of carbonyl (C=O) groups is 1. The fraction of sp³-hybridized carbons (Fsp3) is 0.0833. The summed E-state index contributed by atoms with van der Waals surface area (Å²) < 4.78 is 6.99. The smallest absolute Gasteiger partial charge is 0.357 e. The van der Waals surface area contributed by atoms with Crippen molar-refractivity contribution in [3.05, 3.63) is 95.6 Å². The SMILES string of the molecule is CCOC(=O)c1c(-c2ccccc2)c(-c2ccccc2)nn1-c1ccccc1Cl. The third kappa shape index (κ3) is 3.67. The second-order valence-corrected chi connectivity index (χ2v) is 6.80. The molecule has 0 amide bonds. The Balaban J connectivity index is 2.08. The van der Waals surface area contributed by atoms with Crippen molar-refractivity contribution in [2.75, 3.05) is 6.61 Å². The first-order valence-corrected chi connectivity index (χ1v) is 9.74. The van der Waals surface area contributed by atoms with E-state index in [1.165, 1.54) is 0 Å². The molecule has 0 aliphatic heterocycles. The Labute approximate surface area is 174 Å². The first-order valence-electron chi connectivity index (χ1n) is 9.36. The maximum Gasteiger partial charge on any atom is 0.357 e. The molecule has 0 unspecified atom stereocenters. The maximum atomic E-state index is 13.1. The lowest BCUT2D eigenvalue weighted by molar-refractivity contribution is 0.0516. The van der Waals surface area contributed by atoms with E-state index in [2.05, 4.69) is 0 Å². The zero-order valence-electron chi connectivity index (χ0n) is 15.9. The van der Waals surface area contributed by atoms with Gasteiger partial charge in [0.2, 0.25) is 0 Å². The van der Waals surface area contributed by atoms with E-state index in [0.717, 1.165) is 16.7 Å². The number of aromatic nitrogens is 2. The van der Waals surface area contributed by atoms with Crippen LogP contribution in [-0.2, 0) is 4.74 Å². The van der Waals surface area contributed by atoms with E-state index in [1.807, 2.05) is 78.9 Å². The molecule has 5 heteroatoms. The second kappa shape index (κ2) is 8.33. The van der Waals surface area contributed by atoms with Crippen molar-refractivity contribution in [1.82, 2.24) is 9.78 Å². The topological polar surface area (TPSA) is 44.1 Å². The summed E-state index contributed by atoms with van der Waals surface area (Å²) in [5.41, 5.74) is 4.17. The molecule has 0 saturated carbocycles. The Morgan fingerprint density at radius 2 is 1.48 bits per heavy atom. The van der Waals surface area contributed by atoms with Gasteiger partial charge in [-0.05, 0) is 24.6 Å². The molecule has 1 aromatic heterocycles. The van der Waals surface area contributed by atoms with E-state index in [0.29, 0.717) is 22.1 Å². The number of hydrogen-bond donors (Lipinski definition) is 0. The normalized spacial score (nSPS) is 10.7. The average molecular weight is 403 g/mol. The summed E-state index contributed by atoms with van der Waals surface area (Å²) in [6, 6.07) is 26.8. The van der Waals surface area contributed by atoms with Crippen molar-refractivity contribution in [1.29, 1.82) is 0 Å². The van der Waals surface area contributed by atoms with Crippen LogP contribution in [0.25, 0.3) is 28.1 Å². The minimum Gasteiger partial charge on any atom is -0.461 e. The number of ether oxygens (including phenoxy) is 1. The Bertz CT molecular complexity index is 1140. The number of benzene rings is 3. The Kier molecular flexibility index (Phi) is 5.45. The van der Waals surface area contributed by atoms with Gasteiger partial charge in [0.1, 0.15) is 5.69 Å². The molecule has 4 rings (SSSR count). The highest BCUT2D eigenvalue weighted by Crippen LogP contribution is 2.37. The third-order valence-corrected chi connectivity index (χ3v) is 4.86. The van der Waals surface area contributed by atoms with Gasteiger partial charge in [-0.25, -0.2) is 9.48 Å². The molecule has 0 aliphatic rings. The zero-order chi connectivity index (χ0) is 20.2. The number of rotatable bonds is 5. The molecule has 4 nitrogen and oxygen atoms in total. The van der Waals surface area contributed by atoms with Crippen molar-refractivity contribution in [3.8, 4) is 28.1 Å². The van der Waals surface area contributed by atoms with Crippen molar-refractivity contribution < 1.29 is 9.53 Å². The number of halogens is 1. The molecule has 0 N–H and O–H groups in total. The van der Waals surface area contributed by atoms with Crippen LogP contribution in [0, 0.1) is 0 Å². The molecule has 0 atom stereocenters. The molecule has 0 fully saturated rings.